The molecule has 0 unspecified atom stereocenters. The molecule has 2 rings (SSSR count). The lowest BCUT2D eigenvalue weighted by Gasteiger charge is -2.32. The summed E-state index contributed by atoms with van der Waals surface area (Å²) < 4.78 is 1.99. The molecule has 0 aliphatic rings. The monoisotopic (exact) mass is 398 g/mol. The van der Waals surface area contributed by atoms with Gasteiger partial charge >= 0.3 is 0 Å². The van der Waals surface area contributed by atoms with Crippen molar-refractivity contribution < 1.29 is 0 Å². The Labute approximate surface area is 137 Å². The Kier molecular flexibility index (Phi) is 5.44. The van der Waals surface area contributed by atoms with Crippen LogP contribution in [0, 0.1) is 6.92 Å². The molecular weight excluding hydrogens is 380 g/mol. The molecule has 0 aliphatic carbocycles. The third-order valence-electron chi connectivity index (χ3n) is 3.78. The lowest BCUT2D eigenvalue weighted by Crippen LogP contribution is -2.33. The molecule has 20 heavy (non-hydrogen) atoms. The van der Waals surface area contributed by atoms with Gasteiger partial charge in [0, 0.05) is 28.8 Å². The van der Waals surface area contributed by atoms with Crippen LogP contribution in [0.2, 0.25) is 0 Å². The molecule has 0 N–H and O–H groups in total. The zero-order chi connectivity index (χ0) is 14.6. The van der Waals surface area contributed by atoms with E-state index in [2.05, 4.69) is 81.3 Å². The van der Waals surface area contributed by atoms with E-state index in [0.29, 0.717) is 0 Å². The van der Waals surface area contributed by atoms with Gasteiger partial charge in [0.05, 0.1) is 6.20 Å². The third kappa shape index (κ3) is 3.17. The smallest absolute Gasteiger partial charge is 0.0522 e. The van der Waals surface area contributed by atoms with Gasteiger partial charge in [0.25, 0.3) is 0 Å². The Balaban J connectivity index is 2.37. The fourth-order valence-corrected chi connectivity index (χ4v) is 4.53. The summed E-state index contributed by atoms with van der Waals surface area (Å²) in [6.07, 6.45) is 5.12. The lowest BCUT2D eigenvalue weighted by atomic mass is 9.78. The van der Waals surface area contributed by atoms with Gasteiger partial charge < -0.3 is 0 Å². The first-order valence-corrected chi connectivity index (χ1v) is 9.09. The molecule has 2 aromatic rings. The number of aryl methyl sites for hydroxylation is 2. The summed E-state index contributed by atoms with van der Waals surface area (Å²) in [6.45, 7) is 5.21. The van der Waals surface area contributed by atoms with Gasteiger partial charge in [0.1, 0.15) is 0 Å². The van der Waals surface area contributed by atoms with Gasteiger partial charge in [-0.2, -0.15) is 5.10 Å². The highest BCUT2D eigenvalue weighted by Gasteiger charge is 2.32. The Bertz CT molecular complexity index is 559. The van der Waals surface area contributed by atoms with E-state index in [1.165, 1.54) is 16.7 Å². The van der Waals surface area contributed by atoms with Crippen molar-refractivity contribution in [1.29, 1.82) is 0 Å². The third-order valence-corrected chi connectivity index (χ3v) is 5.93. The van der Waals surface area contributed by atoms with Gasteiger partial charge in [-0.05, 0) is 37.0 Å². The maximum absolute atomic E-state index is 4.39. The summed E-state index contributed by atoms with van der Waals surface area (Å²) in [6, 6.07) is 8.64. The summed E-state index contributed by atoms with van der Waals surface area (Å²) in [7, 11) is 0. The maximum Gasteiger partial charge on any atom is 0.0522 e. The molecule has 0 amide bonds. The molecule has 0 fully saturated rings. The van der Waals surface area contributed by atoms with Gasteiger partial charge in [-0.1, -0.05) is 56.1 Å². The highest BCUT2D eigenvalue weighted by molar-refractivity contribution is 9.09. The minimum Gasteiger partial charge on any atom is -0.273 e. The van der Waals surface area contributed by atoms with Crippen molar-refractivity contribution in [2.75, 3.05) is 10.7 Å². The number of alkyl halides is 2. The normalized spacial score (nSPS) is 11.8. The molecule has 4 heteroatoms. The van der Waals surface area contributed by atoms with E-state index < -0.39 is 0 Å². The van der Waals surface area contributed by atoms with E-state index in [9.17, 15) is 0 Å². The van der Waals surface area contributed by atoms with E-state index in [1.54, 1.807) is 0 Å². The van der Waals surface area contributed by atoms with Crippen molar-refractivity contribution in [1.82, 2.24) is 9.78 Å². The molecule has 108 valence electrons. The Morgan fingerprint density at radius 3 is 2.45 bits per heavy atom. The van der Waals surface area contributed by atoms with Crippen LogP contribution in [0.5, 0.6) is 0 Å². The van der Waals surface area contributed by atoms with E-state index in [0.717, 1.165) is 23.6 Å². The van der Waals surface area contributed by atoms with Crippen LogP contribution in [-0.4, -0.2) is 20.4 Å². The average molecular weight is 400 g/mol. The minimum absolute atomic E-state index is 0.0624. The van der Waals surface area contributed by atoms with Crippen molar-refractivity contribution in [3.8, 4) is 0 Å². The van der Waals surface area contributed by atoms with E-state index in [4.69, 9.17) is 0 Å². The number of benzene rings is 1. The highest BCUT2D eigenvalue weighted by Crippen LogP contribution is 2.34. The zero-order valence-electron chi connectivity index (χ0n) is 11.9. The number of halogens is 2. The average Bonchev–Trinajstić information content (AvgIpc) is 2.93. The second kappa shape index (κ2) is 6.90. The van der Waals surface area contributed by atoms with Gasteiger partial charge in [-0.3, -0.25) is 4.68 Å². The van der Waals surface area contributed by atoms with Crippen LogP contribution in [-0.2, 0) is 18.4 Å². The SMILES string of the molecule is CCn1cc(CC(CBr)(CBr)c2ccccc2C)cn1. The number of nitrogens with zero attached hydrogens (tertiary/aromatic N) is 2. The number of aromatic nitrogens is 2. The molecule has 2 nitrogen and oxygen atoms in total. The standard InChI is InChI=1S/C16H20Br2N2/c1-3-20-10-14(9-19-20)8-16(11-17,12-18)15-7-5-4-6-13(15)2/h4-7,9-10H,3,8,11-12H2,1-2H3. The second-order valence-corrected chi connectivity index (χ2v) is 6.37. The van der Waals surface area contributed by atoms with Crippen LogP contribution in [0.1, 0.15) is 23.6 Å². The summed E-state index contributed by atoms with van der Waals surface area (Å²) in [5, 5.41) is 6.24. The summed E-state index contributed by atoms with van der Waals surface area (Å²) >= 11 is 7.46. The fourth-order valence-electron chi connectivity index (χ4n) is 2.60. The molecule has 1 heterocycles. The second-order valence-electron chi connectivity index (χ2n) is 5.24. The first-order valence-electron chi connectivity index (χ1n) is 6.84. The van der Waals surface area contributed by atoms with Gasteiger partial charge in [-0.15, -0.1) is 0 Å². The first-order chi connectivity index (χ1) is 9.65. The summed E-state index contributed by atoms with van der Waals surface area (Å²) in [5.41, 5.74) is 4.09. The molecule has 0 atom stereocenters. The number of hydrogen-bond donors (Lipinski definition) is 0. The van der Waals surface area contributed by atoms with E-state index in [1.807, 2.05) is 10.9 Å². The van der Waals surface area contributed by atoms with Crippen molar-refractivity contribution in [3.63, 3.8) is 0 Å². The van der Waals surface area contributed by atoms with Gasteiger partial charge in [0.2, 0.25) is 0 Å². The molecule has 0 bridgehead atoms. The topological polar surface area (TPSA) is 17.8 Å². The van der Waals surface area contributed by atoms with E-state index >= 15 is 0 Å². The molecular formula is C16H20Br2N2. The molecule has 0 saturated carbocycles. The number of rotatable bonds is 6. The predicted octanol–water partition coefficient (Wildman–Crippen LogP) is 4.48. The van der Waals surface area contributed by atoms with Gasteiger partial charge in [0.15, 0.2) is 0 Å². The van der Waals surface area contributed by atoms with Crippen LogP contribution in [0.15, 0.2) is 36.7 Å². The Hall–Kier alpha value is -0.610. The largest absolute Gasteiger partial charge is 0.273 e. The van der Waals surface area contributed by atoms with Crippen LogP contribution >= 0.6 is 31.9 Å². The van der Waals surface area contributed by atoms with E-state index in [-0.39, 0.29) is 5.41 Å². The van der Waals surface area contributed by atoms with Crippen LogP contribution in [0.25, 0.3) is 0 Å². The first kappa shape index (κ1) is 15.8. The van der Waals surface area contributed by atoms with Crippen LogP contribution < -0.4 is 0 Å². The molecule has 0 aliphatic heterocycles. The van der Waals surface area contributed by atoms with Crippen LogP contribution in [0.3, 0.4) is 0 Å². The van der Waals surface area contributed by atoms with Crippen molar-refractivity contribution in [3.05, 3.63) is 53.3 Å². The quantitative estimate of drug-likeness (QED) is 0.654. The Morgan fingerprint density at radius 2 is 1.90 bits per heavy atom. The zero-order valence-corrected chi connectivity index (χ0v) is 15.1. The Morgan fingerprint density at radius 1 is 1.20 bits per heavy atom. The maximum atomic E-state index is 4.39. The van der Waals surface area contributed by atoms with Crippen molar-refractivity contribution in [2.24, 2.45) is 0 Å². The summed E-state index contributed by atoms with van der Waals surface area (Å²) in [5.74, 6) is 0. The minimum atomic E-state index is 0.0624. The molecule has 1 aromatic carbocycles. The highest BCUT2D eigenvalue weighted by atomic mass is 79.9. The molecule has 1 aromatic heterocycles. The summed E-state index contributed by atoms with van der Waals surface area (Å²) in [4.78, 5) is 0. The molecule has 0 radical (unpaired) electrons. The van der Waals surface area contributed by atoms with Crippen LogP contribution in [0.4, 0.5) is 0 Å². The fraction of sp³-hybridized carbons (Fsp3) is 0.438. The van der Waals surface area contributed by atoms with Crippen molar-refractivity contribution >= 4 is 31.9 Å². The lowest BCUT2D eigenvalue weighted by molar-refractivity contribution is 0.547. The predicted molar refractivity (Wildman–Crippen MR) is 92.1 cm³/mol. The van der Waals surface area contributed by atoms with Gasteiger partial charge in [-0.25, -0.2) is 0 Å². The van der Waals surface area contributed by atoms with Crippen molar-refractivity contribution in [2.45, 2.75) is 32.2 Å². The molecule has 0 spiro atoms. The molecule has 0 saturated heterocycles. The number of hydrogen-bond acceptors (Lipinski definition) is 1.